The minimum atomic E-state index is 0.245. The van der Waals surface area contributed by atoms with Crippen LogP contribution in [0, 0.1) is 11.3 Å². The average molecular weight is 282 g/mol. The number of fused-ring (bicyclic) bond motifs is 1. The van der Waals surface area contributed by atoms with Gasteiger partial charge >= 0.3 is 0 Å². The van der Waals surface area contributed by atoms with Gasteiger partial charge in [0, 0.05) is 23.5 Å². The number of rotatable bonds is 3. The Morgan fingerprint density at radius 3 is 2.62 bits per heavy atom. The van der Waals surface area contributed by atoms with Crippen molar-refractivity contribution >= 4 is 10.9 Å². The Morgan fingerprint density at radius 2 is 1.86 bits per heavy atom. The summed E-state index contributed by atoms with van der Waals surface area (Å²) in [6.45, 7) is 4.75. The van der Waals surface area contributed by atoms with E-state index in [1.165, 1.54) is 31.1 Å². The van der Waals surface area contributed by atoms with E-state index in [-0.39, 0.29) is 6.04 Å². The summed E-state index contributed by atoms with van der Waals surface area (Å²) in [5, 5.41) is 1.20. The summed E-state index contributed by atoms with van der Waals surface area (Å²) < 4.78 is 0. The van der Waals surface area contributed by atoms with E-state index < -0.39 is 0 Å². The molecule has 0 amide bonds. The van der Waals surface area contributed by atoms with Crippen molar-refractivity contribution in [2.45, 2.75) is 52.0 Å². The minimum absolute atomic E-state index is 0.245. The van der Waals surface area contributed by atoms with Gasteiger partial charge in [-0.15, -0.1) is 0 Å². The van der Waals surface area contributed by atoms with Crippen molar-refractivity contribution in [2.24, 2.45) is 17.1 Å². The van der Waals surface area contributed by atoms with E-state index in [2.05, 4.69) is 44.2 Å². The fraction of sp³-hybridized carbons (Fsp3) is 0.526. The molecule has 1 saturated carbocycles. The Balaban J connectivity index is 1.67. The van der Waals surface area contributed by atoms with Gasteiger partial charge in [0.25, 0.3) is 0 Å². The molecule has 0 saturated heterocycles. The predicted octanol–water partition coefficient (Wildman–Crippen LogP) is 4.32. The molecule has 1 fully saturated rings. The predicted molar refractivity (Wildman–Crippen MR) is 89.2 cm³/mol. The Bertz CT molecular complexity index is 608. The van der Waals surface area contributed by atoms with Gasteiger partial charge < -0.3 is 5.73 Å². The Hall–Kier alpha value is -1.41. The van der Waals surface area contributed by atoms with Crippen LogP contribution in [0.2, 0.25) is 0 Å². The van der Waals surface area contributed by atoms with E-state index in [0.29, 0.717) is 11.3 Å². The number of aromatic nitrogens is 1. The first-order valence-electron chi connectivity index (χ1n) is 8.14. The van der Waals surface area contributed by atoms with Gasteiger partial charge in [0.15, 0.2) is 0 Å². The fourth-order valence-corrected chi connectivity index (χ4v) is 3.48. The summed E-state index contributed by atoms with van der Waals surface area (Å²) in [6.07, 6.45) is 6.03. The van der Waals surface area contributed by atoms with Crippen molar-refractivity contribution in [1.82, 2.24) is 4.98 Å². The first-order chi connectivity index (χ1) is 10.0. The zero-order chi connectivity index (χ0) is 14.9. The van der Waals surface area contributed by atoms with E-state index in [0.717, 1.165) is 17.6 Å². The zero-order valence-corrected chi connectivity index (χ0v) is 13.2. The summed E-state index contributed by atoms with van der Waals surface area (Å²) in [4.78, 5) is 4.76. The molecule has 2 aromatic rings. The number of pyridine rings is 1. The first-order valence-corrected chi connectivity index (χ1v) is 8.14. The van der Waals surface area contributed by atoms with Crippen LogP contribution in [-0.4, -0.2) is 11.0 Å². The molecular weight excluding hydrogens is 256 g/mol. The SMILES string of the molecule is CC1(C)CCC(C(N)Cc2ccc3ccccc3n2)CC1. The summed E-state index contributed by atoms with van der Waals surface area (Å²) in [6, 6.07) is 12.8. The van der Waals surface area contributed by atoms with Crippen LogP contribution in [0.1, 0.15) is 45.2 Å². The van der Waals surface area contributed by atoms with Crippen molar-refractivity contribution in [2.75, 3.05) is 0 Å². The molecule has 0 aliphatic heterocycles. The summed E-state index contributed by atoms with van der Waals surface area (Å²) >= 11 is 0. The third-order valence-electron chi connectivity index (χ3n) is 5.09. The number of para-hydroxylation sites is 1. The summed E-state index contributed by atoms with van der Waals surface area (Å²) in [5.74, 6) is 0.659. The molecular formula is C19H26N2. The minimum Gasteiger partial charge on any atom is -0.327 e. The molecule has 1 aromatic heterocycles. The fourth-order valence-electron chi connectivity index (χ4n) is 3.48. The molecule has 0 bridgehead atoms. The standard InChI is InChI=1S/C19H26N2/c1-19(2)11-9-14(10-12-19)17(20)13-16-8-7-15-5-3-4-6-18(15)21-16/h3-8,14,17H,9-13,20H2,1-2H3. The molecule has 2 N–H and O–H groups in total. The highest BCUT2D eigenvalue weighted by Crippen LogP contribution is 2.39. The number of hydrogen-bond donors (Lipinski definition) is 1. The van der Waals surface area contributed by atoms with Crippen LogP contribution in [0.5, 0.6) is 0 Å². The zero-order valence-electron chi connectivity index (χ0n) is 13.2. The van der Waals surface area contributed by atoms with Gasteiger partial charge in [-0.3, -0.25) is 4.98 Å². The quantitative estimate of drug-likeness (QED) is 0.910. The molecule has 1 heterocycles. The first kappa shape index (κ1) is 14.5. The maximum Gasteiger partial charge on any atom is 0.0705 e. The van der Waals surface area contributed by atoms with Crippen LogP contribution in [-0.2, 0) is 6.42 Å². The molecule has 1 aromatic carbocycles. The molecule has 1 unspecified atom stereocenters. The molecule has 0 spiro atoms. The Kier molecular flexibility index (Phi) is 3.99. The van der Waals surface area contributed by atoms with Crippen LogP contribution in [0.25, 0.3) is 10.9 Å². The van der Waals surface area contributed by atoms with E-state index in [4.69, 9.17) is 10.7 Å². The summed E-state index contributed by atoms with van der Waals surface area (Å²) in [7, 11) is 0. The molecule has 1 aliphatic rings. The number of benzene rings is 1. The highest BCUT2D eigenvalue weighted by Gasteiger charge is 2.29. The molecule has 1 atom stereocenters. The highest BCUT2D eigenvalue weighted by atomic mass is 14.7. The third kappa shape index (κ3) is 3.44. The van der Waals surface area contributed by atoms with Gasteiger partial charge in [0.1, 0.15) is 0 Å². The Morgan fingerprint density at radius 1 is 1.14 bits per heavy atom. The van der Waals surface area contributed by atoms with E-state index in [1.54, 1.807) is 0 Å². The van der Waals surface area contributed by atoms with Crippen LogP contribution >= 0.6 is 0 Å². The lowest BCUT2D eigenvalue weighted by molar-refractivity contribution is 0.172. The van der Waals surface area contributed by atoms with Gasteiger partial charge in [-0.05, 0) is 49.1 Å². The van der Waals surface area contributed by atoms with Crippen LogP contribution in [0.15, 0.2) is 36.4 Å². The lowest BCUT2D eigenvalue weighted by atomic mass is 9.71. The van der Waals surface area contributed by atoms with Gasteiger partial charge in [-0.2, -0.15) is 0 Å². The second-order valence-electron chi connectivity index (χ2n) is 7.36. The van der Waals surface area contributed by atoms with Crippen LogP contribution < -0.4 is 5.73 Å². The number of nitrogens with zero attached hydrogens (tertiary/aromatic N) is 1. The van der Waals surface area contributed by atoms with Crippen molar-refractivity contribution in [3.05, 3.63) is 42.1 Å². The lowest BCUT2D eigenvalue weighted by Gasteiger charge is -2.36. The molecule has 0 radical (unpaired) electrons. The second-order valence-corrected chi connectivity index (χ2v) is 7.36. The number of nitrogens with two attached hydrogens (primary N) is 1. The van der Waals surface area contributed by atoms with Crippen LogP contribution in [0.3, 0.4) is 0 Å². The van der Waals surface area contributed by atoms with Gasteiger partial charge in [0.05, 0.1) is 5.52 Å². The Labute approximate surface area is 127 Å². The van der Waals surface area contributed by atoms with Gasteiger partial charge in [-0.25, -0.2) is 0 Å². The molecule has 1 aliphatic carbocycles. The monoisotopic (exact) mass is 282 g/mol. The highest BCUT2D eigenvalue weighted by molar-refractivity contribution is 5.78. The van der Waals surface area contributed by atoms with Gasteiger partial charge in [0.2, 0.25) is 0 Å². The van der Waals surface area contributed by atoms with Crippen molar-refractivity contribution in [3.63, 3.8) is 0 Å². The normalized spacial score (nSPS) is 20.5. The molecule has 21 heavy (non-hydrogen) atoms. The van der Waals surface area contributed by atoms with Crippen molar-refractivity contribution < 1.29 is 0 Å². The average Bonchev–Trinajstić information content (AvgIpc) is 2.47. The summed E-state index contributed by atoms with van der Waals surface area (Å²) in [5.41, 5.74) is 9.19. The topological polar surface area (TPSA) is 38.9 Å². The molecule has 3 rings (SSSR count). The molecule has 112 valence electrons. The maximum absolute atomic E-state index is 6.47. The van der Waals surface area contributed by atoms with E-state index in [1.807, 2.05) is 6.07 Å². The molecule has 2 nitrogen and oxygen atoms in total. The third-order valence-corrected chi connectivity index (χ3v) is 5.09. The van der Waals surface area contributed by atoms with Crippen LogP contribution in [0.4, 0.5) is 0 Å². The van der Waals surface area contributed by atoms with Crippen molar-refractivity contribution in [3.8, 4) is 0 Å². The molecule has 2 heteroatoms. The second kappa shape index (κ2) is 5.76. The smallest absolute Gasteiger partial charge is 0.0705 e. The number of hydrogen-bond acceptors (Lipinski definition) is 2. The van der Waals surface area contributed by atoms with E-state index in [9.17, 15) is 0 Å². The maximum atomic E-state index is 6.47. The lowest BCUT2D eigenvalue weighted by Crippen LogP contribution is -2.36. The van der Waals surface area contributed by atoms with Crippen molar-refractivity contribution in [1.29, 1.82) is 0 Å². The largest absolute Gasteiger partial charge is 0.327 e. The van der Waals surface area contributed by atoms with Gasteiger partial charge in [-0.1, -0.05) is 38.1 Å². The van der Waals surface area contributed by atoms with E-state index >= 15 is 0 Å².